The number of carbonyl (C=O) groups is 1. The summed E-state index contributed by atoms with van der Waals surface area (Å²) in [5.74, 6) is 1.85. The predicted molar refractivity (Wildman–Crippen MR) is 134 cm³/mol. The van der Waals surface area contributed by atoms with Gasteiger partial charge in [0.2, 0.25) is 0 Å². The third-order valence-electron chi connectivity index (χ3n) is 8.01. The van der Waals surface area contributed by atoms with Crippen LogP contribution in [0.4, 0.5) is 5.82 Å². The number of nitrogens with zero attached hydrogens (tertiary/aromatic N) is 4. The van der Waals surface area contributed by atoms with E-state index in [2.05, 4.69) is 33.1 Å². The molecule has 5 rings (SSSR count). The first-order valence-electron chi connectivity index (χ1n) is 13.2. The van der Waals surface area contributed by atoms with Crippen LogP contribution in [0.15, 0.2) is 24.3 Å². The van der Waals surface area contributed by atoms with Gasteiger partial charge in [0.05, 0.1) is 11.0 Å². The van der Waals surface area contributed by atoms with Gasteiger partial charge in [-0.3, -0.25) is 4.79 Å². The second-order valence-electron chi connectivity index (χ2n) is 10.5. The molecule has 178 valence electrons. The summed E-state index contributed by atoms with van der Waals surface area (Å²) in [7, 11) is 0. The zero-order valence-electron chi connectivity index (χ0n) is 20.1. The fraction of sp³-hybridized carbons (Fsp3) is 0.667. The minimum Gasteiger partial charge on any atom is -0.357 e. The molecular weight excluding hydrogens is 410 g/mol. The molecule has 2 aromatic rings. The average Bonchev–Trinajstić information content (AvgIpc) is 3.19. The van der Waals surface area contributed by atoms with Crippen LogP contribution in [0.25, 0.3) is 11.0 Å². The summed E-state index contributed by atoms with van der Waals surface area (Å²) in [4.78, 5) is 27.5. The molecule has 33 heavy (non-hydrogen) atoms. The molecule has 0 radical (unpaired) electrons. The van der Waals surface area contributed by atoms with E-state index in [1.807, 2.05) is 18.2 Å². The molecule has 1 aliphatic carbocycles. The topological polar surface area (TPSA) is 61.4 Å². The summed E-state index contributed by atoms with van der Waals surface area (Å²) in [6.07, 6.45) is 12.7. The number of aromatic nitrogens is 2. The van der Waals surface area contributed by atoms with E-state index in [0.29, 0.717) is 11.7 Å². The van der Waals surface area contributed by atoms with Crippen molar-refractivity contribution >= 4 is 22.8 Å². The monoisotopic (exact) mass is 449 g/mol. The number of fused-ring (bicyclic) bond motifs is 1. The van der Waals surface area contributed by atoms with Crippen LogP contribution in [-0.4, -0.2) is 59.0 Å². The Labute approximate surface area is 198 Å². The first-order valence-corrected chi connectivity index (χ1v) is 13.2. The molecular formula is C27H39N5O. The number of nitrogens with one attached hydrogen (secondary N) is 1. The second kappa shape index (κ2) is 10.4. The molecule has 4 heterocycles. The largest absolute Gasteiger partial charge is 0.357 e. The number of anilines is 1. The molecule has 6 nitrogen and oxygen atoms in total. The van der Waals surface area contributed by atoms with Gasteiger partial charge in [-0.05, 0) is 75.6 Å². The van der Waals surface area contributed by atoms with Crippen molar-refractivity contribution < 1.29 is 4.79 Å². The highest BCUT2D eigenvalue weighted by atomic mass is 16.1. The minimum absolute atomic E-state index is 0.0602. The Morgan fingerprint density at radius 3 is 2.39 bits per heavy atom. The van der Waals surface area contributed by atoms with Gasteiger partial charge >= 0.3 is 0 Å². The van der Waals surface area contributed by atoms with Crippen molar-refractivity contribution in [1.29, 1.82) is 0 Å². The van der Waals surface area contributed by atoms with Gasteiger partial charge in [0.15, 0.2) is 0 Å². The number of hydrogen-bond donors (Lipinski definition) is 1. The standard InChI is InChI=1S/C27H39N5O/c1-20-18-22(14-17-32(20)19-21-8-4-5-9-21)28-27(33)25-11-10-24-23(29-25)12-13-26(30-24)31-15-6-2-3-7-16-31/h10-13,20-22H,2-9,14-19H2,1H3,(H,28,33). The van der Waals surface area contributed by atoms with Crippen molar-refractivity contribution in [2.24, 2.45) is 5.92 Å². The summed E-state index contributed by atoms with van der Waals surface area (Å²) in [6, 6.07) is 8.61. The van der Waals surface area contributed by atoms with Crippen molar-refractivity contribution in [3.8, 4) is 0 Å². The first-order chi connectivity index (χ1) is 16.2. The maximum Gasteiger partial charge on any atom is 0.270 e. The third kappa shape index (κ3) is 5.48. The maximum absolute atomic E-state index is 13.0. The Hall–Kier alpha value is -2.21. The van der Waals surface area contributed by atoms with E-state index in [1.165, 1.54) is 57.9 Å². The normalized spacial score (nSPS) is 25.3. The van der Waals surface area contributed by atoms with Crippen LogP contribution >= 0.6 is 0 Å². The molecule has 1 amide bonds. The number of rotatable bonds is 5. The predicted octanol–water partition coefficient (Wildman–Crippen LogP) is 4.78. The molecule has 0 bridgehead atoms. The Bertz CT molecular complexity index is 949. The highest BCUT2D eigenvalue weighted by Gasteiger charge is 2.29. The quantitative estimate of drug-likeness (QED) is 0.712. The molecule has 0 aromatic carbocycles. The fourth-order valence-electron chi connectivity index (χ4n) is 6.01. The Morgan fingerprint density at radius 2 is 1.64 bits per heavy atom. The van der Waals surface area contributed by atoms with Gasteiger partial charge in [0.1, 0.15) is 11.5 Å². The van der Waals surface area contributed by atoms with Crippen LogP contribution in [0.2, 0.25) is 0 Å². The Balaban J connectivity index is 1.19. The SMILES string of the molecule is CC1CC(NC(=O)c2ccc3nc(N4CCCCCC4)ccc3n2)CCN1CC1CCCC1. The van der Waals surface area contributed by atoms with Crippen molar-refractivity contribution in [1.82, 2.24) is 20.2 Å². The molecule has 0 spiro atoms. The number of pyridine rings is 2. The number of likely N-dealkylation sites (tertiary alicyclic amines) is 1. The molecule has 2 aliphatic heterocycles. The maximum atomic E-state index is 13.0. The summed E-state index contributed by atoms with van der Waals surface area (Å²) in [5.41, 5.74) is 2.15. The van der Waals surface area contributed by atoms with Crippen LogP contribution in [-0.2, 0) is 0 Å². The van der Waals surface area contributed by atoms with E-state index in [4.69, 9.17) is 4.98 Å². The van der Waals surface area contributed by atoms with Crippen LogP contribution in [0, 0.1) is 5.92 Å². The fourth-order valence-corrected chi connectivity index (χ4v) is 6.01. The molecule has 6 heteroatoms. The minimum atomic E-state index is -0.0602. The number of piperidine rings is 1. The van der Waals surface area contributed by atoms with Crippen molar-refractivity contribution in [3.63, 3.8) is 0 Å². The average molecular weight is 450 g/mol. The molecule has 2 unspecified atom stereocenters. The van der Waals surface area contributed by atoms with Gasteiger partial charge in [0, 0.05) is 38.3 Å². The van der Waals surface area contributed by atoms with Crippen LogP contribution in [0.5, 0.6) is 0 Å². The summed E-state index contributed by atoms with van der Waals surface area (Å²) in [5, 5.41) is 3.26. The molecule has 1 N–H and O–H groups in total. The third-order valence-corrected chi connectivity index (χ3v) is 8.01. The van der Waals surface area contributed by atoms with Gasteiger partial charge in [-0.2, -0.15) is 0 Å². The number of carbonyl (C=O) groups excluding carboxylic acids is 1. The Kier molecular flexibility index (Phi) is 7.10. The molecule has 1 saturated carbocycles. The van der Waals surface area contributed by atoms with E-state index in [0.717, 1.165) is 55.2 Å². The molecule has 3 fully saturated rings. The van der Waals surface area contributed by atoms with Crippen LogP contribution < -0.4 is 10.2 Å². The molecule has 2 saturated heterocycles. The second-order valence-corrected chi connectivity index (χ2v) is 10.5. The number of hydrogen-bond acceptors (Lipinski definition) is 5. The first kappa shape index (κ1) is 22.6. The molecule has 3 aliphatic rings. The van der Waals surface area contributed by atoms with Crippen molar-refractivity contribution in [3.05, 3.63) is 30.0 Å². The van der Waals surface area contributed by atoms with E-state index < -0.39 is 0 Å². The highest BCUT2D eigenvalue weighted by Crippen LogP contribution is 2.28. The van der Waals surface area contributed by atoms with Crippen molar-refractivity contribution in [2.75, 3.05) is 31.1 Å². The molecule has 2 aromatic heterocycles. The van der Waals surface area contributed by atoms with Gasteiger partial charge < -0.3 is 15.1 Å². The van der Waals surface area contributed by atoms with Crippen molar-refractivity contribution in [2.45, 2.75) is 83.2 Å². The smallest absolute Gasteiger partial charge is 0.270 e. The van der Waals surface area contributed by atoms with Crippen LogP contribution in [0.1, 0.15) is 81.6 Å². The van der Waals surface area contributed by atoms with Crippen LogP contribution in [0.3, 0.4) is 0 Å². The lowest BCUT2D eigenvalue weighted by atomic mass is 9.96. The lowest BCUT2D eigenvalue weighted by Gasteiger charge is -2.39. The zero-order chi connectivity index (χ0) is 22.6. The van der Waals surface area contributed by atoms with E-state index in [1.54, 1.807) is 0 Å². The lowest BCUT2D eigenvalue weighted by molar-refractivity contribution is 0.0847. The summed E-state index contributed by atoms with van der Waals surface area (Å²) in [6.45, 7) is 6.78. The van der Waals surface area contributed by atoms with Gasteiger partial charge in [-0.25, -0.2) is 9.97 Å². The van der Waals surface area contributed by atoms with E-state index >= 15 is 0 Å². The van der Waals surface area contributed by atoms with Gasteiger partial charge in [-0.15, -0.1) is 0 Å². The zero-order valence-corrected chi connectivity index (χ0v) is 20.1. The van der Waals surface area contributed by atoms with E-state index in [-0.39, 0.29) is 11.9 Å². The van der Waals surface area contributed by atoms with Gasteiger partial charge in [0.25, 0.3) is 5.91 Å². The molecule has 2 atom stereocenters. The summed E-state index contributed by atoms with van der Waals surface area (Å²) >= 11 is 0. The Morgan fingerprint density at radius 1 is 0.909 bits per heavy atom. The highest BCUT2D eigenvalue weighted by molar-refractivity contribution is 5.94. The number of amides is 1. The lowest BCUT2D eigenvalue weighted by Crippen LogP contribution is -2.50. The van der Waals surface area contributed by atoms with E-state index in [9.17, 15) is 4.79 Å². The summed E-state index contributed by atoms with van der Waals surface area (Å²) < 4.78 is 0. The van der Waals surface area contributed by atoms with Gasteiger partial charge in [-0.1, -0.05) is 25.7 Å².